The molecular formula is C22H38O3S. The number of rotatable bonds is 17. The Morgan fingerprint density at radius 2 is 1.15 bits per heavy atom. The fourth-order valence-electron chi connectivity index (χ4n) is 3.14. The predicted octanol–water partition coefficient (Wildman–Crippen LogP) is 7.13. The first kappa shape index (κ1) is 23.2. The minimum atomic E-state index is -1.91. The van der Waals surface area contributed by atoms with Gasteiger partial charge >= 0.3 is 0 Å². The van der Waals surface area contributed by atoms with Gasteiger partial charge in [0, 0.05) is 0 Å². The molecule has 0 aliphatic heterocycles. The van der Waals surface area contributed by atoms with Crippen LogP contribution < -0.4 is 4.74 Å². The van der Waals surface area contributed by atoms with Crippen LogP contribution in [0.25, 0.3) is 0 Å². The standard InChI is InChI=1S/C22H38O3S/c1-2-3-4-5-6-7-8-9-10-11-12-13-14-15-20-25-21-16-18-22(19-17-21)26(23)24/h16-19H,2-15,20H2,1H3,(H,23,24). The van der Waals surface area contributed by atoms with E-state index >= 15 is 0 Å². The van der Waals surface area contributed by atoms with E-state index in [0.717, 1.165) is 18.8 Å². The second-order valence-corrected chi connectivity index (χ2v) is 8.13. The Balaban J connectivity index is 1.83. The highest BCUT2D eigenvalue weighted by molar-refractivity contribution is 7.79. The van der Waals surface area contributed by atoms with Gasteiger partial charge in [-0.05, 0) is 30.7 Å². The zero-order valence-corrected chi connectivity index (χ0v) is 17.4. The van der Waals surface area contributed by atoms with Crippen LogP contribution in [0.15, 0.2) is 29.2 Å². The van der Waals surface area contributed by atoms with Crippen molar-refractivity contribution in [3.63, 3.8) is 0 Å². The molecule has 0 aromatic heterocycles. The number of benzene rings is 1. The number of ether oxygens (including phenoxy) is 1. The van der Waals surface area contributed by atoms with Crippen LogP contribution in [-0.2, 0) is 11.1 Å². The fourth-order valence-corrected chi connectivity index (χ4v) is 3.51. The Morgan fingerprint density at radius 1 is 0.731 bits per heavy atom. The Bertz CT molecular complexity index is 459. The van der Waals surface area contributed by atoms with Gasteiger partial charge in [0.05, 0.1) is 11.5 Å². The van der Waals surface area contributed by atoms with Crippen LogP contribution in [0.1, 0.15) is 96.8 Å². The van der Waals surface area contributed by atoms with Crippen molar-refractivity contribution in [3.8, 4) is 5.75 Å². The summed E-state index contributed by atoms with van der Waals surface area (Å²) in [6.07, 6.45) is 19.0. The van der Waals surface area contributed by atoms with Crippen LogP contribution in [0.3, 0.4) is 0 Å². The van der Waals surface area contributed by atoms with Crippen LogP contribution in [0.5, 0.6) is 5.75 Å². The van der Waals surface area contributed by atoms with E-state index in [9.17, 15) is 4.21 Å². The first-order chi connectivity index (χ1) is 12.7. The molecule has 0 amide bonds. The molecule has 0 heterocycles. The van der Waals surface area contributed by atoms with Gasteiger partial charge < -0.3 is 9.29 Å². The highest BCUT2D eigenvalue weighted by Crippen LogP contribution is 2.15. The SMILES string of the molecule is CCCCCCCCCCCCCCCCOc1ccc(S(=O)O)cc1. The molecule has 1 rings (SSSR count). The van der Waals surface area contributed by atoms with E-state index in [2.05, 4.69) is 6.92 Å². The lowest BCUT2D eigenvalue weighted by Gasteiger charge is -2.06. The largest absolute Gasteiger partial charge is 0.494 e. The van der Waals surface area contributed by atoms with Crippen molar-refractivity contribution in [2.24, 2.45) is 0 Å². The van der Waals surface area contributed by atoms with Crippen molar-refractivity contribution in [2.75, 3.05) is 6.61 Å². The van der Waals surface area contributed by atoms with Crippen molar-refractivity contribution in [3.05, 3.63) is 24.3 Å². The third-order valence-electron chi connectivity index (χ3n) is 4.79. The summed E-state index contributed by atoms with van der Waals surface area (Å²) in [7, 11) is 0. The molecule has 150 valence electrons. The first-order valence-electron chi connectivity index (χ1n) is 10.6. The topological polar surface area (TPSA) is 46.5 Å². The number of hydrogen-bond acceptors (Lipinski definition) is 2. The van der Waals surface area contributed by atoms with E-state index < -0.39 is 11.1 Å². The van der Waals surface area contributed by atoms with Crippen LogP contribution >= 0.6 is 0 Å². The molecule has 1 unspecified atom stereocenters. The maximum absolute atomic E-state index is 10.9. The van der Waals surface area contributed by atoms with Gasteiger partial charge in [-0.2, -0.15) is 0 Å². The Morgan fingerprint density at radius 3 is 1.58 bits per heavy atom. The molecule has 0 aliphatic rings. The molecule has 0 aliphatic carbocycles. The fraction of sp³-hybridized carbons (Fsp3) is 0.727. The summed E-state index contributed by atoms with van der Waals surface area (Å²) in [5.41, 5.74) is 0. The zero-order valence-electron chi connectivity index (χ0n) is 16.6. The molecule has 0 bridgehead atoms. The van der Waals surface area contributed by atoms with Crippen molar-refractivity contribution in [1.29, 1.82) is 0 Å². The normalized spacial score (nSPS) is 12.2. The van der Waals surface area contributed by atoms with E-state index in [1.807, 2.05) is 0 Å². The van der Waals surface area contributed by atoms with Gasteiger partial charge in [0.15, 0.2) is 11.1 Å². The molecule has 0 radical (unpaired) electrons. The summed E-state index contributed by atoms with van der Waals surface area (Å²) < 4.78 is 25.5. The van der Waals surface area contributed by atoms with Crippen LogP contribution in [-0.4, -0.2) is 15.4 Å². The minimum absolute atomic E-state index is 0.411. The molecule has 0 saturated heterocycles. The quantitative estimate of drug-likeness (QED) is 0.230. The summed E-state index contributed by atoms with van der Waals surface area (Å²) in [5, 5.41) is 0. The second kappa shape index (κ2) is 16.3. The molecule has 1 atom stereocenters. The molecule has 1 aromatic carbocycles. The van der Waals surface area contributed by atoms with Gasteiger partial charge in [0.25, 0.3) is 0 Å². The highest BCUT2D eigenvalue weighted by atomic mass is 32.2. The Hall–Kier alpha value is -0.870. The first-order valence-corrected chi connectivity index (χ1v) is 11.7. The van der Waals surface area contributed by atoms with Crippen molar-refractivity contribution in [2.45, 2.75) is 102 Å². The monoisotopic (exact) mass is 382 g/mol. The summed E-state index contributed by atoms with van der Waals surface area (Å²) >= 11 is -1.91. The van der Waals surface area contributed by atoms with Gasteiger partial charge in [-0.3, -0.25) is 0 Å². The Labute approximate surface area is 163 Å². The lowest BCUT2D eigenvalue weighted by Crippen LogP contribution is -1.97. The number of unbranched alkanes of at least 4 members (excludes halogenated alkanes) is 13. The van der Waals surface area contributed by atoms with E-state index in [1.54, 1.807) is 24.3 Å². The van der Waals surface area contributed by atoms with E-state index in [0.29, 0.717) is 4.90 Å². The molecule has 4 heteroatoms. The zero-order chi connectivity index (χ0) is 18.9. The lowest BCUT2D eigenvalue weighted by atomic mass is 10.0. The third kappa shape index (κ3) is 12.5. The average molecular weight is 383 g/mol. The highest BCUT2D eigenvalue weighted by Gasteiger charge is 2.00. The summed E-state index contributed by atoms with van der Waals surface area (Å²) in [5.74, 6) is 0.772. The van der Waals surface area contributed by atoms with Crippen molar-refractivity contribution in [1.82, 2.24) is 0 Å². The second-order valence-electron chi connectivity index (χ2n) is 7.17. The minimum Gasteiger partial charge on any atom is -0.494 e. The van der Waals surface area contributed by atoms with E-state index in [4.69, 9.17) is 9.29 Å². The summed E-state index contributed by atoms with van der Waals surface area (Å²) in [4.78, 5) is 0.411. The van der Waals surface area contributed by atoms with Crippen molar-refractivity contribution < 1.29 is 13.5 Å². The van der Waals surface area contributed by atoms with Crippen molar-refractivity contribution >= 4 is 11.1 Å². The molecule has 1 aromatic rings. The molecule has 1 N–H and O–H groups in total. The summed E-state index contributed by atoms with van der Waals surface area (Å²) in [6.45, 7) is 3.00. The van der Waals surface area contributed by atoms with E-state index in [-0.39, 0.29) is 0 Å². The van der Waals surface area contributed by atoms with Gasteiger partial charge in [-0.25, -0.2) is 4.21 Å². The lowest BCUT2D eigenvalue weighted by molar-refractivity contribution is 0.304. The third-order valence-corrected chi connectivity index (χ3v) is 5.47. The maximum Gasteiger partial charge on any atom is 0.186 e. The predicted molar refractivity (Wildman–Crippen MR) is 111 cm³/mol. The summed E-state index contributed by atoms with van der Waals surface area (Å²) in [6, 6.07) is 6.79. The van der Waals surface area contributed by atoms with Gasteiger partial charge in [-0.1, -0.05) is 90.4 Å². The van der Waals surface area contributed by atoms with Crippen LogP contribution in [0.4, 0.5) is 0 Å². The number of hydrogen-bond donors (Lipinski definition) is 1. The average Bonchev–Trinajstić information content (AvgIpc) is 2.65. The molecular weight excluding hydrogens is 344 g/mol. The molecule has 0 saturated carbocycles. The Kier molecular flexibility index (Phi) is 14.5. The van der Waals surface area contributed by atoms with Gasteiger partial charge in [-0.15, -0.1) is 0 Å². The van der Waals surface area contributed by atoms with Gasteiger partial charge in [0.1, 0.15) is 5.75 Å². The van der Waals surface area contributed by atoms with Crippen LogP contribution in [0.2, 0.25) is 0 Å². The van der Waals surface area contributed by atoms with Crippen LogP contribution in [0, 0.1) is 0 Å². The molecule has 26 heavy (non-hydrogen) atoms. The van der Waals surface area contributed by atoms with Gasteiger partial charge in [0.2, 0.25) is 0 Å². The molecule has 0 spiro atoms. The van der Waals surface area contributed by atoms with E-state index in [1.165, 1.54) is 83.5 Å². The smallest absolute Gasteiger partial charge is 0.186 e. The molecule has 3 nitrogen and oxygen atoms in total. The maximum atomic E-state index is 10.9. The molecule has 0 fully saturated rings.